The molecule has 0 heterocycles. The molecule has 7 heavy (non-hydrogen) atoms. The van der Waals surface area contributed by atoms with Gasteiger partial charge < -0.3 is 5.32 Å². The van der Waals surface area contributed by atoms with Crippen LogP contribution in [0.5, 0.6) is 0 Å². The van der Waals surface area contributed by atoms with Crippen molar-refractivity contribution in [2.45, 2.75) is 19.0 Å². The summed E-state index contributed by atoms with van der Waals surface area (Å²) in [5.74, 6) is 0. The fourth-order valence-electron chi connectivity index (χ4n) is 0.442. The van der Waals surface area contributed by atoms with Crippen LogP contribution in [0.2, 0.25) is 12.6 Å². The molecule has 0 aromatic heterocycles. The third-order valence-electron chi connectivity index (χ3n) is 0.854. The zero-order valence-corrected chi connectivity index (χ0v) is 6.12. The minimum Gasteiger partial charge on any atom is -0.320 e. The van der Waals surface area contributed by atoms with Crippen LogP contribution < -0.4 is 5.32 Å². The average Bonchev–Trinajstić information content (AvgIpc) is 1.69. The Morgan fingerprint density at radius 2 is 2.29 bits per heavy atom. The van der Waals surface area contributed by atoms with Crippen molar-refractivity contribution in [2.24, 2.45) is 0 Å². The Balaban J connectivity index is 2.45. The van der Waals surface area contributed by atoms with Crippen LogP contribution >= 0.6 is 0 Å². The van der Waals surface area contributed by atoms with Gasteiger partial charge in [-0.15, -0.1) is 0 Å². The maximum absolute atomic E-state index is 3.11. The van der Waals surface area contributed by atoms with Crippen LogP contribution in [0.3, 0.4) is 0 Å². The first-order valence-electron chi connectivity index (χ1n) is 2.71. The SMILES string of the molecule is CNCCC[Si]C. The Hall–Kier alpha value is 0.177. The van der Waals surface area contributed by atoms with Gasteiger partial charge in [-0.3, -0.25) is 0 Å². The third-order valence-corrected chi connectivity index (χ3v) is 1.71. The van der Waals surface area contributed by atoms with E-state index in [0.29, 0.717) is 0 Å². The molecule has 0 fully saturated rings. The van der Waals surface area contributed by atoms with Crippen LogP contribution in [-0.2, 0) is 0 Å². The number of nitrogens with one attached hydrogen (secondary N) is 1. The maximum Gasteiger partial charge on any atom is 0.0343 e. The molecular formula is C5H13NSi. The van der Waals surface area contributed by atoms with Crippen molar-refractivity contribution in [3.8, 4) is 0 Å². The second kappa shape index (κ2) is 6.18. The maximum atomic E-state index is 3.11. The summed E-state index contributed by atoms with van der Waals surface area (Å²) in [7, 11) is 3.13. The molecule has 0 atom stereocenters. The van der Waals surface area contributed by atoms with Crippen molar-refractivity contribution in [1.82, 2.24) is 5.32 Å². The van der Waals surface area contributed by atoms with Gasteiger partial charge in [-0.1, -0.05) is 12.6 Å². The molecule has 0 aliphatic heterocycles. The average molecular weight is 115 g/mol. The van der Waals surface area contributed by atoms with Crippen LogP contribution in [0.15, 0.2) is 0 Å². The van der Waals surface area contributed by atoms with E-state index in [2.05, 4.69) is 11.9 Å². The minimum atomic E-state index is 1.13. The van der Waals surface area contributed by atoms with Gasteiger partial charge in [0.2, 0.25) is 0 Å². The molecule has 0 saturated carbocycles. The zero-order valence-electron chi connectivity index (χ0n) is 5.12. The fourth-order valence-corrected chi connectivity index (χ4v) is 0.972. The van der Waals surface area contributed by atoms with E-state index in [1.54, 1.807) is 0 Å². The Morgan fingerprint density at radius 3 is 2.71 bits per heavy atom. The first-order valence-corrected chi connectivity index (χ1v) is 4.41. The van der Waals surface area contributed by atoms with Crippen molar-refractivity contribution >= 4 is 9.52 Å². The zero-order chi connectivity index (χ0) is 5.54. The summed E-state index contributed by atoms with van der Waals surface area (Å²) in [6.45, 7) is 3.43. The Bertz CT molecular complexity index is 27.3. The number of hydrogen-bond acceptors (Lipinski definition) is 1. The lowest BCUT2D eigenvalue weighted by Gasteiger charge is -1.92. The summed E-state index contributed by atoms with van der Waals surface area (Å²) in [5, 5.41) is 3.11. The van der Waals surface area contributed by atoms with Gasteiger partial charge in [0, 0.05) is 9.52 Å². The van der Waals surface area contributed by atoms with Gasteiger partial charge in [-0.25, -0.2) is 0 Å². The van der Waals surface area contributed by atoms with Crippen LogP contribution in [0, 0.1) is 0 Å². The van der Waals surface area contributed by atoms with E-state index >= 15 is 0 Å². The first-order chi connectivity index (χ1) is 3.41. The molecule has 42 valence electrons. The lowest BCUT2D eigenvalue weighted by atomic mass is 10.5. The standard InChI is InChI=1S/C5H13NSi/c1-6-4-3-5-7-2/h6H,3-5H2,1-2H3. The van der Waals surface area contributed by atoms with E-state index < -0.39 is 0 Å². The van der Waals surface area contributed by atoms with E-state index in [0.717, 1.165) is 9.52 Å². The van der Waals surface area contributed by atoms with Crippen molar-refractivity contribution < 1.29 is 0 Å². The number of rotatable bonds is 4. The fraction of sp³-hybridized carbons (Fsp3) is 1.00. The second-order valence-electron chi connectivity index (χ2n) is 1.56. The third kappa shape index (κ3) is 6.18. The molecule has 0 unspecified atom stereocenters. The summed E-state index contributed by atoms with van der Waals surface area (Å²) in [5.41, 5.74) is 0. The van der Waals surface area contributed by atoms with Crippen molar-refractivity contribution in [1.29, 1.82) is 0 Å². The lowest BCUT2D eigenvalue weighted by molar-refractivity contribution is 0.770. The van der Waals surface area contributed by atoms with Crippen LogP contribution in [0.25, 0.3) is 0 Å². The first kappa shape index (κ1) is 7.18. The Kier molecular flexibility index (Phi) is 6.33. The van der Waals surface area contributed by atoms with Gasteiger partial charge in [-0.05, 0) is 20.0 Å². The summed E-state index contributed by atoms with van der Waals surface area (Å²) < 4.78 is 0. The molecule has 0 aliphatic rings. The molecule has 0 aromatic carbocycles. The highest BCUT2D eigenvalue weighted by Gasteiger charge is 1.79. The molecule has 2 radical (unpaired) electrons. The largest absolute Gasteiger partial charge is 0.320 e. The van der Waals surface area contributed by atoms with E-state index in [1.165, 1.54) is 19.0 Å². The predicted molar refractivity (Wildman–Crippen MR) is 35.0 cm³/mol. The Morgan fingerprint density at radius 1 is 1.57 bits per heavy atom. The van der Waals surface area contributed by atoms with Gasteiger partial charge in [0.15, 0.2) is 0 Å². The molecule has 0 aliphatic carbocycles. The van der Waals surface area contributed by atoms with Crippen molar-refractivity contribution in [3.63, 3.8) is 0 Å². The highest BCUT2D eigenvalue weighted by Crippen LogP contribution is 1.82. The van der Waals surface area contributed by atoms with E-state index in [-0.39, 0.29) is 0 Å². The molecule has 0 amide bonds. The summed E-state index contributed by atoms with van der Waals surface area (Å²) in [4.78, 5) is 0. The smallest absolute Gasteiger partial charge is 0.0343 e. The topological polar surface area (TPSA) is 12.0 Å². The summed E-state index contributed by atoms with van der Waals surface area (Å²) in [6.07, 6.45) is 1.34. The highest BCUT2D eigenvalue weighted by atomic mass is 28.2. The molecule has 1 nitrogen and oxygen atoms in total. The van der Waals surface area contributed by atoms with Crippen molar-refractivity contribution in [2.75, 3.05) is 13.6 Å². The normalized spacial score (nSPS) is 9.43. The molecule has 1 N–H and O–H groups in total. The van der Waals surface area contributed by atoms with Gasteiger partial charge in [0.25, 0.3) is 0 Å². The van der Waals surface area contributed by atoms with E-state index in [1.807, 2.05) is 7.05 Å². The summed E-state index contributed by atoms with van der Waals surface area (Å²) in [6, 6.07) is 1.39. The van der Waals surface area contributed by atoms with Crippen LogP contribution in [-0.4, -0.2) is 23.1 Å². The van der Waals surface area contributed by atoms with Gasteiger partial charge in [0.05, 0.1) is 0 Å². The van der Waals surface area contributed by atoms with Gasteiger partial charge in [0.1, 0.15) is 0 Å². The highest BCUT2D eigenvalue weighted by molar-refractivity contribution is 6.33. The minimum absolute atomic E-state index is 1.13. The molecule has 0 rings (SSSR count). The second-order valence-corrected chi connectivity index (χ2v) is 2.77. The Labute approximate surface area is 48.3 Å². The molecule has 0 spiro atoms. The lowest BCUT2D eigenvalue weighted by Crippen LogP contribution is -2.07. The molecule has 0 aromatic rings. The van der Waals surface area contributed by atoms with Crippen LogP contribution in [0.4, 0.5) is 0 Å². The van der Waals surface area contributed by atoms with E-state index in [9.17, 15) is 0 Å². The predicted octanol–water partition coefficient (Wildman–Crippen LogP) is 0.766. The van der Waals surface area contributed by atoms with E-state index in [4.69, 9.17) is 0 Å². The van der Waals surface area contributed by atoms with Gasteiger partial charge >= 0.3 is 0 Å². The monoisotopic (exact) mass is 115 g/mol. The number of hydrogen-bond donors (Lipinski definition) is 1. The van der Waals surface area contributed by atoms with Crippen LogP contribution in [0.1, 0.15) is 6.42 Å². The molecule has 0 bridgehead atoms. The molecule has 0 saturated heterocycles. The van der Waals surface area contributed by atoms with Gasteiger partial charge in [-0.2, -0.15) is 0 Å². The summed E-state index contributed by atoms with van der Waals surface area (Å²) >= 11 is 0. The molecular weight excluding hydrogens is 102 g/mol. The van der Waals surface area contributed by atoms with Crippen molar-refractivity contribution in [3.05, 3.63) is 0 Å². The molecule has 2 heteroatoms. The quantitative estimate of drug-likeness (QED) is 0.421.